The van der Waals surface area contributed by atoms with Crippen molar-refractivity contribution in [3.05, 3.63) is 35.9 Å². The lowest BCUT2D eigenvalue weighted by atomic mass is 10.0. The quantitative estimate of drug-likeness (QED) is 0.762. The molecule has 1 atom stereocenters. The number of benzene rings is 1. The van der Waals surface area contributed by atoms with Gasteiger partial charge in [0.05, 0.1) is 6.42 Å². The van der Waals surface area contributed by atoms with Crippen LogP contribution in [0.1, 0.15) is 25.8 Å². The third kappa shape index (κ3) is 6.07. The summed E-state index contributed by atoms with van der Waals surface area (Å²) in [5.74, 6) is -0.218. The summed E-state index contributed by atoms with van der Waals surface area (Å²) in [6.07, 6.45) is 0.932. The third-order valence-corrected chi connectivity index (χ3v) is 2.56. The molecule has 0 saturated carbocycles. The Bertz CT molecular complexity index is 335. The van der Waals surface area contributed by atoms with Crippen LogP contribution in [0, 0.1) is 5.92 Å². The Hall–Kier alpha value is -1.35. The minimum absolute atomic E-state index is 0.0114. The van der Waals surface area contributed by atoms with Crippen molar-refractivity contribution < 1.29 is 9.90 Å². The molecule has 1 rings (SSSR count). The molecule has 3 heteroatoms. The van der Waals surface area contributed by atoms with Crippen LogP contribution in [0.3, 0.4) is 0 Å². The molecule has 0 amide bonds. The number of hydrogen-bond acceptors (Lipinski definition) is 2. The predicted octanol–water partition coefficient (Wildman–Crippen LogP) is 2.32. The largest absolute Gasteiger partial charge is 0.481 e. The van der Waals surface area contributed by atoms with Gasteiger partial charge in [-0.1, -0.05) is 44.2 Å². The molecule has 0 heterocycles. The zero-order chi connectivity index (χ0) is 12.7. The molecule has 2 N–H and O–H groups in total. The fourth-order valence-corrected chi connectivity index (χ4v) is 1.73. The van der Waals surface area contributed by atoms with Gasteiger partial charge in [0.1, 0.15) is 0 Å². The van der Waals surface area contributed by atoms with Gasteiger partial charge < -0.3 is 10.4 Å². The average molecular weight is 235 g/mol. The van der Waals surface area contributed by atoms with Crippen molar-refractivity contribution >= 4 is 5.97 Å². The molecule has 17 heavy (non-hydrogen) atoms. The van der Waals surface area contributed by atoms with Crippen LogP contribution in [-0.4, -0.2) is 23.7 Å². The van der Waals surface area contributed by atoms with Gasteiger partial charge in [0, 0.05) is 6.04 Å². The van der Waals surface area contributed by atoms with E-state index in [2.05, 4.69) is 19.2 Å². The predicted molar refractivity (Wildman–Crippen MR) is 69.0 cm³/mol. The molecule has 0 aromatic heterocycles. The van der Waals surface area contributed by atoms with Gasteiger partial charge >= 0.3 is 5.97 Å². The summed E-state index contributed by atoms with van der Waals surface area (Å²) in [5.41, 5.74) is 1.18. The minimum Gasteiger partial charge on any atom is -0.481 e. The fraction of sp³-hybridized carbons (Fsp3) is 0.500. The van der Waals surface area contributed by atoms with E-state index >= 15 is 0 Å². The van der Waals surface area contributed by atoms with Gasteiger partial charge in [-0.2, -0.15) is 0 Å². The van der Waals surface area contributed by atoms with Crippen LogP contribution in [0.5, 0.6) is 0 Å². The smallest absolute Gasteiger partial charge is 0.304 e. The highest BCUT2D eigenvalue weighted by atomic mass is 16.4. The van der Waals surface area contributed by atoms with Crippen molar-refractivity contribution in [1.82, 2.24) is 5.32 Å². The molecule has 3 nitrogen and oxygen atoms in total. The Morgan fingerprint density at radius 3 is 2.47 bits per heavy atom. The van der Waals surface area contributed by atoms with E-state index in [4.69, 9.17) is 5.11 Å². The standard InChI is InChI=1S/C14H21NO2/c1-11(2)10-15-13(9-14(16)17)8-12-6-4-3-5-7-12/h3-7,11,13,15H,8-10H2,1-2H3,(H,16,17). The molecule has 94 valence electrons. The second kappa shape index (κ2) is 7.07. The Kier molecular flexibility index (Phi) is 5.70. The molecule has 0 fully saturated rings. The molecule has 1 aromatic rings. The number of aliphatic carboxylic acids is 1. The number of carboxylic acids is 1. The number of hydrogen-bond donors (Lipinski definition) is 2. The summed E-state index contributed by atoms with van der Waals surface area (Å²) in [7, 11) is 0. The van der Waals surface area contributed by atoms with Crippen molar-refractivity contribution in [3.63, 3.8) is 0 Å². The zero-order valence-corrected chi connectivity index (χ0v) is 10.5. The summed E-state index contributed by atoms with van der Waals surface area (Å²) in [6.45, 7) is 5.09. The van der Waals surface area contributed by atoms with Crippen LogP contribution in [0.15, 0.2) is 30.3 Å². The first-order valence-corrected chi connectivity index (χ1v) is 6.07. The number of rotatable bonds is 7. The lowest BCUT2D eigenvalue weighted by Crippen LogP contribution is -2.35. The molecular weight excluding hydrogens is 214 g/mol. The Morgan fingerprint density at radius 2 is 1.94 bits per heavy atom. The number of nitrogens with one attached hydrogen (secondary N) is 1. The van der Waals surface area contributed by atoms with Crippen LogP contribution in [0.2, 0.25) is 0 Å². The summed E-state index contributed by atoms with van der Waals surface area (Å²) in [6, 6.07) is 10.0. The van der Waals surface area contributed by atoms with Crippen molar-refractivity contribution in [2.45, 2.75) is 32.7 Å². The maximum absolute atomic E-state index is 10.8. The van der Waals surface area contributed by atoms with E-state index in [9.17, 15) is 4.79 Å². The third-order valence-electron chi connectivity index (χ3n) is 2.56. The van der Waals surface area contributed by atoms with E-state index in [1.165, 1.54) is 5.56 Å². The highest BCUT2D eigenvalue weighted by molar-refractivity contribution is 5.67. The van der Waals surface area contributed by atoms with Gasteiger partial charge in [0.15, 0.2) is 0 Å². The number of carboxylic acid groups (broad SMARTS) is 1. The summed E-state index contributed by atoms with van der Waals surface area (Å²) in [5, 5.41) is 12.2. The highest BCUT2D eigenvalue weighted by Crippen LogP contribution is 2.06. The van der Waals surface area contributed by atoms with Gasteiger partial charge in [0.2, 0.25) is 0 Å². The highest BCUT2D eigenvalue weighted by Gasteiger charge is 2.13. The molecule has 0 aliphatic rings. The molecule has 0 saturated heterocycles. The van der Waals surface area contributed by atoms with Gasteiger partial charge in [-0.3, -0.25) is 4.79 Å². The first-order chi connectivity index (χ1) is 8.08. The van der Waals surface area contributed by atoms with E-state index in [0.717, 1.165) is 13.0 Å². The van der Waals surface area contributed by atoms with E-state index in [0.29, 0.717) is 5.92 Å². The normalized spacial score (nSPS) is 12.6. The van der Waals surface area contributed by atoms with Crippen LogP contribution in [-0.2, 0) is 11.2 Å². The molecule has 0 bridgehead atoms. The molecular formula is C14H21NO2. The molecule has 1 aromatic carbocycles. The van der Waals surface area contributed by atoms with Crippen LogP contribution >= 0.6 is 0 Å². The van der Waals surface area contributed by atoms with Gasteiger partial charge in [-0.05, 0) is 24.4 Å². The van der Waals surface area contributed by atoms with Gasteiger partial charge in [-0.25, -0.2) is 0 Å². The van der Waals surface area contributed by atoms with Crippen molar-refractivity contribution in [3.8, 4) is 0 Å². The monoisotopic (exact) mass is 235 g/mol. The van der Waals surface area contributed by atoms with E-state index in [1.54, 1.807) is 0 Å². The SMILES string of the molecule is CC(C)CNC(CC(=O)O)Cc1ccccc1. The topological polar surface area (TPSA) is 49.3 Å². The Balaban J connectivity index is 2.54. The maximum atomic E-state index is 10.8. The summed E-state index contributed by atoms with van der Waals surface area (Å²) < 4.78 is 0. The molecule has 1 unspecified atom stereocenters. The maximum Gasteiger partial charge on any atom is 0.304 e. The second-order valence-corrected chi connectivity index (χ2v) is 4.79. The molecule has 0 spiro atoms. The average Bonchev–Trinajstić information content (AvgIpc) is 2.26. The van der Waals surface area contributed by atoms with Crippen molar-refractivity contribution in [1.29, 1.82) is 0 Å². The van der Waals surface area contributed by atoms with Crippen LogP contribution in [0.25, 0.3) is 0 Å². The zero-order valence-electron chi connectivity index (χ0n) is 10.5. The lowest BCUT2D eigenvalue weighted by Gasteiger charge is -2.18. The molecule has 0 aliphatic carbocycles. The first kappa shape index (κ1) is 13.7. The molecule has 0 aliphatic heterocycles. The second-order valence-electron chi connectivity index (χ2n) is 4.79. The van der Waals surface area contributed by atoms with E-state index in [1.807, 2.05) is 30.3 Å². The first-order valence-electron chi connectivity index (χ1n) is 6.07. The number of carbonyl (C=O) groups is 1. The van der Waals surface area contributed by atoms with Gasteiger partial charge in [0.25, 0.3) is 0 Å². The summed E-state index contributed by atoms with van der Waals surface area (Å²) >= 11 is 0. The molecule has 0 radical (unpaired) electrons. The van der Waals surface area contributed by atoms with E-state index in [-0.39, 0.29) is 12.5 Å². The van der Waals surface area contributed by atoms with Crippen LogP contribution in [0.4, 0.5) is 0 Å². The summed E-state index contributed by atoms with van der Waals surface area (Å²) in [4.78, 5) is 10.8. The van der Waals surface area contributed by atoms with Gasteiger partial charge in [-0.15, -0.1) is 0 Å². The minimum atomic E-state index is -0.748. The van der Waals surface area contributed by atoms with E-state index < -0.39 is 5.97 Å². The Labute approximate surface area is 103 Å². The lowest BCUT2D eigenvalue weighted by molar-refractivity contribution is -0.137. The van der Waals surface area contributed by atoms with Crippen molar-refractivity contribution in [2.24, 2.45) is 5.92 Å². The van der Waals surface area contributed by atoms with Crippen LogP contribution < -0.4 is 5.32 Å². The Morgan fingerprint density at radius 1 is 1.29 bits per heavy atom. The fourth-order valence-electron chi connectivity index (χ4n) is 1.73. The van der Waals surface area contributed by atoms with Crippen molar-refractivity contribution in [2.75, 3.05) is 6.54 Å².